The van der Waals surface area contributed by atoms with Crippen molar-refractivity contribution in [2.75, 3.05) is 0 Å². The van der Waals surface area contributed by atoms with E-state index in [2.05, 4.69) is 0 Å². The molecule has 0 unspecified atom stereocenters. The molecule has 0 saturated carbocycles. The second kappa shape index (κ2) is 6.92. The highest BCUT2D eigenvalue weighted by Crippen LogP contribution is 2.56. The van der Waals surface area contributed by atoms with Crippen LogP contribution in [0.5, 0.6) is 5.75 Å². The molecular formula is C23H20O2P+. The SMILES string of the molecule is Oc1ccc2ccccc2c1C[P+](O)(c1ccccc1)c1ccccc1. The Morgan fingerprint density at radius 1 is 0.615 bits per heavy atom. The van der Waals surface area contributed by atoms with Gasteiger partial charge >= 0.3 is 0 Å². The second-order valence-corrected chi connectivity index (χ2v) is 9.27. The van der Waals surface area contributed by atoms with Crippen LogP contribution < -0.4 is 10.6 Å². The summed E-state index contributed by atoms with van der Waals surface area (Å²) >= 11 is 0. The Labute approximate surface area is 153 Å². The Bertz CT molecular complexity index is 990. The molecule has 0 spiro atoms. The number of phenolic OH excluding ortho intramolecular Hbond substituents is 1. The van der Waals surface area contributed by atoms with Gasteiger partial charge in [0.05, 0.1) is 0 Å². The zero-order valence-corrected chi connectivity index (χ0v) is 15.2. The molecule has 0 aliphatic heterocycles. The van der Waals surface area contributed by atoms with E-state index in [9.17, 15) is 10.00 Å². The number of rotatable bonds is 4. The van der Waals surface area contributed by atoms with E-state index in [4.69, 9.17) is 0 Å². The Morgan fingerprint density at radius 2 is 1.15 bits per heavy atom. The van der Waals surface area contributed by atoms with Crippen LogP contribution in [0.2, 0.25) is 0 Å². The van der Waals surface area contributed by atoms with Crippen LogP contribution in [0, 0.1) is 0 Å². The lowest BCUT2D eigenvalue weighted by atomic mass is 10.0. The Kier molecular flexibility index (Phi) is 4.46. The highest BCUT2D eigenvalue weighted by atomic mass is 31.2. The third-order valence-electron chi connectivity index (χ3n) is 4.77. The summed E-state index contributed by atoms with van der Waals surface area (Å²) in [7, 11) is -2.69. The van der Waals surface area contributed by atoms with Crippen LogP contribution in [0.25, 0.3) is 10.8 Å². The second-order valence-electron chi connectivity index (χ2n) is 6.38. The fourth-order valence-corrected chi connectivity index (χ4v) is 6.18. The molecule has 26 heavy (non-hydrogen) atoms. The van der Waals surface area contributed by atoms with Gasteiger partial charge in [-0.25, -0.2) is 4.89 Å². The molecule has 0 saturated heterocycles. The van der Waals surface area contributed by atoms with Gasteiger partial charge in [0, 0.05) is 5.56 Å². The fraction of sp³-hybridized carbons (Fsp3) is 0.0435. The van der Waals surface area contributed by atoms with E-state index < -0.39 is 7.49 Å². The summed E-state index contributed by atoms with van der Waals surface area (Å²) in [6.07, 6.45) is 0.397. The van der Waals surface area contributed by atoms with Crippen molar-refractivity contribution in [1.29, 1.82) is 0 Å². The van der Waals surface area contributed by atoms with Crippen molar-refractivity contribution < 1.29 is 10.00 Å². The van der Waals surface area contributed by atoms with E-state index in [1.165, 1.54) is 0 Å². The summed E-state index contributed by atoms with van der Waals surface area (Å²) < 4.78 is 0. The van der Waals surface area contributed by atoms with Crippen molar-refractivity contribution in [2.24, 2.45) is 0 Å². The molecule has 4 rings (SSSR count). The first-order valence-corrected chi connectivity index (χ1v) is 10.5. The average molecular weight is 359 g/mol. The lowest BCUT2D eigenvalue weighted by Gasteiger charge is -2.21. The quantitative estimate of drug-likeness (QED) is 0.522. The van der Waals surface area contributed by atoms with E-state index >= 15 is 0 Å². The van der Waals surface area contributed by atoms with Gasteiger partial charge in [0.25, 0.3) is 0 Å². The number of fused-ring (bicyclic) bond motifs is 1. The van der Waals surface area contributed by atoms with Gasteiger partial charge in [-0.1, -0.05) is 66.7 Å². The zero-order chi connectivity index (χ0) is 18.0. The zero-order valence-electron chi connectivity index (χ0n) is 14.3. The largest absolute Gasteiger partial charge is 0.508 e. The van der Waals surface area contributed by atoms with Crippen LogP contribution in [0.3, 0.4) is 0 Å². The minimum Gasteiger partial charge on any atom is -0.508 e. The summed E-state index contributed by atoms with van der Waals surface area (Å²) in [5.41, 5.74) is 0.798. The van der Waals surface area contributed by atoms with Gasteiger partial charge in [-0.3, -0.25) is 0 Å². The topological polar surface area (TPSA) is 40.5 Å². The van der Waals surface area contributed by atoms with Crippen LogP contribution in [0.4, 0.5) is 0 Å². The van der Waals surface area contributed by atoms with E-state index in [1.807, 2.05) is 91.0 Å². The molecule has 0 atom stereocenters. The van der Waals surface area contributed by atoms with Gasteiger partial charge < -0.3 is 5.11 Å². The smallest absolute Gasteiger partial charge is 0.211 e. The minimum atomic E-state index is -2.69. The third kappa shape index (κ3) is 2.99. The van der Waals surface area contributed by atoms with Crippen LogP contribution in [-0.4, -0.2) is 10.00 Å². The van der Waals surface area contributed by atoms with Crippen LogP contribution in [0.15, 0.2) is 97.1 Å². The molecule has 128 valence electrons. The van der Waals surface area contributed by atoms with E-state index in [0.717, 1.165) is 26.9 Å². The van der Waals surface area contributed by atoms with Crippen molar-refractivity contribution >= 4 is 28.9 Å². The molecule has 2 N–H and O–H groups in total. The molecule has 4 aromatic rings. The Morgan fingerprint density at radius 3 is 1.77 bits per heavy atom. The maximum atomic E-state index is 11.9. The molecule has 0 radical (unpaired) electrons. The number of aromatic hydroxyl groups is 1. The maximum Gasteiger partial charge on any atom is 0.211 e. The summed E-state index contributed by atoms with van der Waals surface area (Å²) in [5, 5.41) is 14.4. The van der Waals surface area contributed by atoms with Gasteiger partial charge in [-0.05, 0) is 41.1 Å². The molecule has 0 heterocycles. The first-order valence-electron chi connectivity index (χ1n) is 8.60. The maximum absolute atomic E-state index is 11.9. The van der Waals surface area contributed by atoms with Gasteiger partial charge in [-0.2, -0.15) is 0 Å². The van der Waals surface area contributed by atoms with Crippen LogP contribution >= 0.6 is 7.49 Å². The van der Waals surface area contributed by atoms with Gasteiger partial charge in [0.2, 0.25) is 7.49 Å². The van der Waals surface area contributed by atoms with E-state index in [-0.39, 0.29) is 5.75 Å². The summed E-state index contributed by atoms with van der Waals surface area (Å²) in [6.45, 7) is 0. The third-order valence-corrected chi connectivity index (χ3v) is 7.85. The Balaban J connectivity index is 1.91. The number of hydrogen-bond donors (Lipinski definition) is 2. The molecule has 0 amide bonds. The lowest BCUT2D eigenvalue weighted by molar-refractivity contribution is 0.471. The fourth-order valence-electron chi connectivity index (χ4n) is 3.40. The van der Waals surface area contributed by atoms with E-state index in [0.29, 0.717) is 6.16 Å². The van der Waals surface area contributed by atoms with Crippen LogP contribution in [-0.2, 0) is 6.16 Å². The lowest BCUT2D eigenvalue weighted by Crippen LogP contribution is -2.23. The monoisotopic (exact) mass is 359 g/mol. The van der Waals surface area contributed by atoms with Crippen molar-refractivity contribution in [3.8, 4) is 5.75 Å². The van der Waals surface area contributed by atoms with Crippen molar-refractivity contribution in [1.82, 2.24) is 0 Å². The molecule has 0 bridgehead atoms. The minimum absolute atomic E-state index is 0.231. The van der Waals surface area contributed by atoms with Crippen molar-refractivity contribution in [3.63, 3.8) is 0 Å². The molecule has 0 fully saturated rings. The molecule has 3 heteroatoms. The number of benzene rings is 4. The summed E-state index contributed by atoms with van der Waals surface area (Å²) in [4.78, 5) is 11.9. The highest BCUT2D eigenvalue weighted by Gasteiger charge is 2.42. The van der Waals surface area contributed by atoms with Crippen molar-refractivity contribution in [2.45, 2.75) is 6.16 Å². The predicted octanol–water partition coefficient (Wildman–Crippen LogP) is 4.62. The average Bonchev–Trinajstić information content (AvgIpc) is 2.71. The molecular weight excluding hydrogens is 339 g/mol. The number of hydrogen-bond acceptors (Lipinski definition) is 2. The van der Waals surface area contributed by atoms with E-state index in [1.54, 1.807) is 6.07 Å². The van der Waals surface area contributed by atoms with Gasteiger partial charge in [0.15, 0.2) is 0 Å². The first kappa shape index (κ1) is 16.8. The first-order chi connectivity index (χ1) is 12.7. The molecule has 4 aromatic carbocycles. The molecule has 0 aliphatic rings. The molecule has 0 aliphatic carbocycles. The predicted molar refractivity (Wildman–Crippen MR) is 111 cm³/mol. The van der Waals surface area contributed by atoms with Gasteiger partial charge in [-0.15, -0.1) is 0 Å². The Hall–Kier alpha value is -2.67. The highest BCUT2D eigenvalue weighted by molar-refractivity contribution is 7.83. The normalized spacial score (nSPS) is 11.6. The molecule has 0 aromatic heterocycles. The summed E-state index contributed by atoms with van der Waals surface area (Å²) in [6, 6.07) is 31.2. The standard InChI is InChI=1S/C23H19O2P/c24-23-16-15-18-9-7-8-14-21(18)22(23)17-26(25,19-10-3-1-4-11-19)20-12-5-2-6-13-20/h1-16,25H,17H2/p+1. The number of phenols is 1. The summed E-state index contributed by atoms with van der Waals surface area (Å²) in [5.74, 6) is 0.231. The van der Waals surface area contributed by atoms with Gasteiger partial charge in [0.1, 0.15) is 22.5 Å². The molecule has 2 nitrogen and oxygen atoms in total. The van der Waals surface area contributed by atoms with Crippen LogP contribution in [0.1, 0.15) is 5.56 Å². The van der Waals surface area contributed by atoms with Crippen molar-refractivity contribution in [3.05, 3.63) is 103 Å².